The third kappa shape index (κ3) is 3.39. The topological polar surface area (TPSA) is 49.4 Å². The van der Waals surface area contributed by atoms with Crippen molar-refractivity contribution in [3.05, 3.63) is 29.8 Å². The Balaban J connectivity index is 1.87. The van der Waals surface area contributed by atoms with Gasteiger partial charge in [0.2, 0.25) is 0 Å². The second-order valence-corrected chi connectivity index (χ2v) is 8.25. The molecule has 0 saturated heterocycles. The van der Waals surface area contributed by atoms with Gasteiger partial charge < -0.3 is 5.32 Å². The van der Waals surface area contributed by atoms with Gasteiger partial charge >= 0.3 is 6.03 Å². The number of hydrogen-bond acceptors (Lipinski definition) is 2. The van der Waals surface area contributed by atoms with Crippen molar-refractivity contribution in [2.75, 3.05) is 23.7 Å². The molecular formula is C15H22N2O2S. The summed E-state index contributed by atoms with van der Waals surface area (Å²) in [4.78, 5) is 13.9. The summed E-state index contributed by atoms with van der Waals surface area (Å²) in [5, 5.41) is 2.86. The van der Waals surface area contributed by atoms with E-state index in [0.717, 1.165) is 12.1 Å². The zero-order valence-corrected chi connectivity index (χ0v) is 13.1. The van der Waals surface area contributed by atoms with E-state index >= 15 is 0 Å². The van der Waals surface area contributed by atoms with E-state index in [1.54, 1.807) is 4.90 Å². The summed E-state index contributed by atoms with van der Waals surface area (Å²) in [6, 6.07) is 7.86. The molecule has 5 heteroatoms. The van der Waals surface area contributed by atoms with Crippen molar-refractivity contribution in [3.8, 4) is 0 Å². The van der Waals surface area contributed by atoms with Crippen molar-refractivity contribution in [3.63, 3.8) is 0 Å². The smallest absolute Gasteiger partial charge is 0.321 e. The predicted octanol–water partition coefficient (Wildman–Crippen LogP) is 2.31. The average Bonchev–Trinajstić information content (AvgIpc) is 2.81. The second-order valence-electron chi connectivity index (χ2n) is 5.92. The lowest BCUT2D eigenvalue weighted by Gasteiger charge is -2.20. The van der Waals surface area contributed by atoms with Crippen molar-refractivity contribution in [2.24, 2.45) is 0 Å². The van der Waals surface area contributed by atoms with E-state index in [4.69, 9.17) is 0 Å². The lowest BCUT2D eigenvalue weighted by atomic mass is 10.2. The maximum atomic E-state index is 12.2. The van der Waals surface area contributed by atoms with Crippen molar-refractivity contribution in [2.45, 2.75) is 31.9 Å². The largest absolute Gasteiger partial charge is 0.337 e. The molecule has 0 unspecified atom stereocenters. The lowest BCUT2D eigenvalue weighted by molar-refractivity contribution is 0.247. The van der Waals surface area contributed by atoms with Crippen LogP contribution in [-0.2, 0) is 17.2 Å². The van der Waals surface area contributed by atoms with Gasteiger partial charge in [-0.25, -0.2) is 4.79 Å². The summed E-state index contributed by atoms with van der Waals surface area (Å²) in [5.41, 5.74) is 2.20. The van der Waals surface area contributed by atoms with Gasteiger partial charge in [-0.3, -0.25) is 9.11 Å². The maximum Gasteiger partial charge on any atom is 0.321 e. The van der Waals surface area contributed by atoms with Gasteiger partial charge in [0.05, 0.1) is 0 Å². The Hall–Kier alpha value is -1.36. The third-order valence-electron chi connectivity index (χ3n) is 3.38. The number of hydrogen-bond donors (Lipinski definition) is 1. The monoisotopic (exact) mass is 294 g/mol. The van der Waals surface area contributed by atoms with Crippen LogP contribution >= 0.6 is 0 Å². The molecule has 20 heavy (non-hydrogen) atoms. The molecule has 1 heterocycles. The van der Waals surface area contributed by atoms with E-state index in [9.17, 15) is 9.00 Å². The Bertz CT molecular complexity index is 523. The molecule has 1 aromatic rings. The van der Waals surface area contributed by atoms with Gasteiger partial charge in [-0.05, 0) is 38.8 Å². The summed E-state index contributed by atoms with van der Waals surface area (Å²) < 4.78 is 11.7. The fourth-order valence-corrected chi connectivity index (χ4v) is 3.10. The SMILES string of the molecule is CC(C)(C)[S@@](=O)CCNC(=O)N1CCc2ccccc21. The van der Waals surface area contributed by atoms with Crippen LogP contribution in [0.3, 0.4) is 0 Å². The molecule has 1 atom stereocenters. The molecule has 1 aliphatic rings. The van der Waals surface area contributed by atoms with Gasteiger partial charge in [-0.2, -0.15) is 0 Å². The molecule has 0 aliphatic carbocycles. The maximum absolute atomic E-state index is 12.2. The number of para-hydroxylation sites is 1. The fourth-order valence-electron chi connectivity index (χ4n) is 2.20. The van der Waals surface area contributed by atoms with Gasteiger partial charge in [-0.15, -0.1) is 0 Å². The fraction of sp³-hybridized carbons (Fsp3) is 0.533. The number of carbonyl (C=O) groups excluding carboxylic acids is 1. The first-order valence-corrected chi connectivity index (χ1v) is 8.23. The standard InChI is InChI=1S/C15H22N2O2S/c1-15(2,3)20(19)11-9-16-14(18)17-10-8-12-6-4-5-7-13(12)17/h4-7H,8-11H2,1-3H3,(H,16,18)/t20-/m0/s1. The Morgan fingerprint density at radius 1 is 1.35 bits per heavy atom. The van der Waals surface area contributed by atoms with Crippen molar-refractivity contribution < 1.29 is 9.00 Å². The average molecular weight is 294 g/mol. The highest BCUT2D eigenvalue weighted by Gasteiger charge is 2.24. The molecule has 0 fully saturated rings. The summed E-state index contributed by atoms with van der Waals surface area (Å²) in [6.07, 6.45) is 0.900. The van der Waals surface area contributed by atoms with Gasteiger partial charge in [0.15, 0.2) is 0 Å². The number of nitrogens with one attached hydrogen (secondary N) is 1. The lowest BCUT2D eigenvalue weighted by Crippen LogP contribution is -2.41. The first-order valence-electron chi connectivity index (χ1n) is 6.91. The number of carbonyl (C=O) groups is 1. The highest BCUT2D eigenvalue weighted by Crippen LogP contribution is 2.27. The normalized spacial score (nSPS) is 15.8. The van der Waals surface area contributed by atoms with Gasteiger partial charge in [0, 0.05) is 40.1 Å². The number of fused-ring (bicyclic) bond motifs is 1. The molecule has 0 radical (unpaired) electrons. The second kappa shape index (κ2) is 5.95. The van der Waals surface area contributed by atoms with Crippen LogP contribution in [0.1, 0.15) is 26.3 Å². The minimum absolute atomic E-state index is 0.0964. The predicted molar refractivity (Wildman–Crippen MR) is 83.7 cm³/mol. The Morgan fingerprint density at radius 2 is 2.05 bits per heavy atom. The Morgan fingerprint density at radius 3 is 2.75 bits per heavy atom. The molecule has 1 aromatic carbocycles. The van der Waals surface area contributed by atoms with Crippen molar-refractivity contribution in [1.29, 1.82) is 0 Å². The number of benzene rings is 1. The number of urea groups is 1. The number of amides is 2. The van der Waals surface area contributed by atoms with Crippen LogP contribution in [0.2, 0.25) is 0 Å². The highest BCUT2D eigenvalue weighted by molar-refractivity contribution is 7.86. The molecule has 1 aliphatic heterocycles. The first-order chi connectivity index (χ1) is 9.39. The quantitative estimate of drug-likeness (QED) is 0.930. The van der Waals surface area contributed by atoms with Crippen LogP contribution in [0.15, 0.2) is 24.3 Å². The molecule has 0 spiro atoms. The number of nitrogens with zero attached hydrogens (tertiary/aromatic N) is 1. The van der Waals surface area contributed by atoms with E-state index in [-0.39, 0.29) is 10.8 Å². The molecule has 0 aromatic heterocycles. The molecule has 2 rings (SSSR count). The number of anilines is 1. The van der Waals surface area contributed by atoms with E-state index in [1.165, 1.54) is 5.56 Å². The highest BCUT2D eigenvalue weighted by atomic mass is 32.2. The minimum Gasteiger partial charge on any atom is -0.337 e. The van der Waals surface area contributed by atoms with E-state index in [2.05, 4.69) is 11.4 Å². The molecule has 0 saturated carbocycles. The molecular weight excluding hydrogens is 272 g/mol. The van der Waals surface area contributed by atoms with Crippen molar-refractivity contribution >= 4 is 22.5 Å². The summed E-state index contributed by atoms with van der Waals surface area (Å²) in [7, 11) is -0.934. The van der Waals surface area contributed by atoms with Crippen LogP contribution in [-0.4, -0.2) is 33.8 Å². The van der Waals surface area contributed by atoms with E-state index in [1.807, 2.05) is 39.0 Å². The zero-order valence-electron chi connectivity index (χ0n) is 12.3. The van der Waals surface area contributed by atoms with Gasteiger partial charge in [-0.1, -0.05) is 18.2 Å². The summed E-state index contributed by atoms with van der Waals surface area (Å²) in [5.74, 6) is 0.491. The molecule has 4 nitrogen and oxygen atoms in total. The number of rotatable bonds is 3. The van der Waals surface area contributed by atoms with Crippen LogP contribution < -0.4 is 10.2 Å². The van der Waals surface area contributed by atoms with E-state index < -0.39 is 10.8 Å². The Kier molecular flexibility index (Phi) is 4.48. The summed E-state index contributed by atoms with van der Waals surface area (Å²) >= 11 is 0. The van der Waals surface area contributed by atoms with Crippen LogP contribution in [0.4, 0.5) is 10.5 Å². The van der Waals surface area contributed by atoms with Gasteiger partial charge in [0.1, 0.15) is 0 Å². The summed E-state index contributed by atoms with van der Waals surface area (Å²) in [6.45, 7) is 7.00. The molecule has 0 bridgehead atoms. The molecule has 2 amide bonds. The van der Waals surface area contributed by atoms with Crippen LogP contribution in [0.25, 0.3) is 0 Å². The first kappa shape index (κ1) is 15.0. The third-order valence-corrected chi connectivity index (χ3v) is 5.32. The van der Waals surface area contributed by atoms with Crippen LogP contribution in [0, 0.1) is 0 Å². The van der Waals surface area contributed by atoms with Crippen LogP contribution in [0.5, 0.6) is 0 Å². The minimum atomic E-state index is -0.934. The van der Waals surface area contributed by atoms with E-state index in [0.29, 0.717) is 18.8 Å². The zero-order chi connectivity index (χ0) is 14.8. The van der Waals surface area contributed by atoms with Crippen molar-refractivity contribution in [1.82, 2.24) is 5.32 Å². The molecule has 1 N–H and O–H groups in total. The Labute approximate surface area is 123 Å². The molecule has 110 valence electrons. The van der Waals surface area contributed by atoms with Gasteiger partial charge in [0.25, 0.3) is 0 Å².